The van der Waals surface area contributed by atoms with Crippen molar-refractivity contribution >= 4 is 22.9 Å². The first-order valence-electron chi connectivity index (χ1n) is 11.8. The summed E-state index contributed by atoms with van der Waals surface area (Å²) in [6, 6.07) is 8.45. The number of nitrogens with two attached hydrogens (primary N) is 1. The predicted molar refractivity (Wildman–Crippen MR) is 133 cm³/mol. The van der Waals surface area contributed by atoms with Gasteiger partial charge in [-0.1, -0.05) is 19.9 Å². The van der Waals surface area contributed by atoms with E-state index in [0.717, 1.165) is 76.7 Å². The number of anilines is 2. The minimum absolute atomic E-state index is 0.228. The molecule has 0 atom stereocenters. The second kappa shape index (κ2) is 7.68. The lowest BCUT2D eigenvalue weighted by Crippen LogP contribution is -2.31. The van der Waals surface area contributed by atoms with E-state index in [2.05, 4.69) is 62.9 Å². The molecule has 4 heterocycles. The number of aromatic nitrogens is 5. The van der Waals surface area contributed by atoms with Crippen molar-refractivity contribution in [2.75, 3.05) is 23.8 Å². The number of nitrogens with one attached hydrogen (secondary N) is 1. The number of nitrogens with zero attached hydrogens (tertiary/aromatic N) is 5. The van der Waals surface area contributed by atoms with E-state index in [0.29, 0.717) is 19.1 Å². The highest BCUT2D eigenvalue weighted by molar-refractivity contribution is 5.78. The first-order valence-corrected chi connectivity index (χ1v) is 11.8. The van der Waals surface area contributed by atoms with E-state index in [1.165, 1.54) is 5.56 Å². The molecule has 0 bridgehead atoms. The van der Waals surface area contributed by atoms with E-state index in [9.17, 15) is 0 Å². The molecule has 0 saturated heterocycles. The summed E-state index contributed by atoms with van der Waals surface area (Å²) in [4.78, 5) is 23.8. The van der Waals surface area contributed by atoms with Crippen molar-refractivity contribution in [2.24, 2.45) is 5.41 Å². The van der Waals surface area contributed by atoms with Gasteiger partial charge in [0, 0.05) is 29.4 Å². The molecule has 2 aliphatic rings. The molecule has 1 aliphatic heterocycles. The Balaban J connectivity index is 1.38. The van der Waals surface area contributed by atoms with Gasteiger partial charge in [0.1, 0.15) is 24.0 Å². The molecule has 0 spiro atoms. The van der Waals surface area contributed by atoms with Crippen molar-refractivity contribution in [2.45, 2.75) is 46.6 Å². The summed E-state index contributed by atoms with van der Waals surface area (Å²) in [7, 11) is 0. The third kappa shape index (κ3) is 3.73. The molecule has 34 heavy (non-hydrogen) atoms. The number of fused-ring (bicyclic) bond motifs is 3. The highest BCUT2D eigenvalue weighted by Crippen LogP contribution is 2.39. The van der Waals surface area contributed by atoms with Gasteiger partial charge in [-0.3, -0.25) is 0 Å². The topological polar surface area (TPSA) is 106 Å². The molecular formula is C26H29N7O. The number of H-pyrrole nitrogens is 1. The standard InChI is InChI=1S/C26H29N7O/c1-15-29-21-11-17(13-28-23(21)30-15)16-4-5-22-18(10-16)14-33(8-9-34-22)24-19-12-26(2,3)7-6-20(19)31-25(27)32-24/h4-5,10-11,13H,6-9,12,14H2,1-3H3,(H2,27,31,32)(H,28,29,30). The maximum atomic E-state index is 6.14. The predicted octanol–water partition coefficient (Wildman–Crippen LogP) is 4.22. The van der Waals surface area contributed by atoms with Crippen molar-refractivity contribution in [1.29, 1.82) is 0 Å². The summed E-state index contributed by atoms with van der Waals surface area (Å²) in [5.41, 5.74) is 13.6. The summed E-state index contributed by atoms with van der Waals surface area (Å²) in [6.45, 7) is 8.61. The lowest BCUT2D eigenvalue weighted by atomic mass is 9.76. The number of rotatable bonds is 2. The summed E-state index contributed by atoms with van der Waals surface area (Å²) in [5.74, 6) is 3.07. The van der Waals surface area contributed by atoms with Crippen molar-refractivity contribution in [3.63, 3.8) is 0 Å². The van der Waals surface area contributed by atoms with Crippen LogP contribution in [-0.2, 0) is 19.4 Å². The second-order valence-electron chi connectivity index (χ2n) is 10.2. The zero-order chi connectivity index (χ0) is 23.4. The van der Waals surface area contributed by atoms with Crippen LogP contribution in [0.5, 0.6) is 5.75 Å². The van der Waals surface area contributed by atoms with Crippen LogP contribution < -0.4 is 15.4 Å². The molecule has 0 fully saturated rings. The van der Waals surface area contributed by atoms with Crippen LogP contribution in [0.4, 0.5) is 11.8 Å². The Hall–Kier alpha value is -3.68. The van der Waals surface area contributed by atoms with Crippen molar-refractivity contribution in [3.05, 3.63) is 53.1 Å². The molecule has 3 N–H and O–H groups in total. The Morgan fingerprint density at radius 2 is 2.00 bits per heavy atom. The molecule has 4 aromatic rings. The number of ether oxygens (including phenoxy) is 1. The number of aromatic amines is 1. The highest BCUT2D eigenvalue weighted by Gasteiger charge is 2.31. The number of nitrogen functional groups attached to an aromatic ring is 1. The zero-order valence-corrected chi connectivity index (χ0v) is 19.9. The fourth-order valence-corrected chi connectivity index (χ4v) is 5.14. The fraction of sp³-hybridized carbons (Fsp3) is 0.385. The average Bonchev–Trinajstić information content (AvgIpc) is 3.04. The fourth-order valence-electron chi connectivity index (χ4n) is 5.14. The number of aryl methyl sites for hydroxylation is 2. The van der Waals surface area contributed by atoms with E-state index in [4.69, 9.17) is 15.5 Å². The van der Waals surface area contributed by atoms with Crippen LogP contribution in [0.2, 0.25) is 0 Å². The second-order valence-corrected chi connectivity index (χ2v) is 10.2. The molecule has 0 amide bonds. The van der Waals surface area contributed by atoms with Crippen molar-refractivity contribution in [3.8, 4) is 16.9 Å². The summed E-state index contributed by atoms with van der Waals surface area (Å²) < 4.78 is 6.13. The number of hydrogen-bond acceptors (Lipinski definition) is 7. The third-order valence-electron chi connectivity index (χ3n) is 6.91. The smallest absolute Gasteiger partial charge is 0.222 e. The van der Waals surface area contributed by atoms with Gasteiger partial charge in [-0.2, -0.15) is 4.98 Å². The Morgan fingerprint density at radius 1 is 1.12 bits per heavy atom. The summed E-state index contributed by atoms with van der Waals surface area (Å²) in [5, 5.41) is 0. The number of pyridine rings is 1. The average molecular weight is 456 g/mol. The van der Waals surface area contributed by atoms with Crippen LogP contribution in [-0.4, -0.2) is 38.1 Å². The van der Waals surface area contributed by atoms with E-state index in [-0.39, 0.29) is 5.41 Å². The van der Waals surface area contributed by atoms with Crippen LogP contribution in [0.1, 0.15) is 42.9 Å². The molecule has 0 saturated carbocycles. The number of imidazole rings is 1. The first-order chi connectivity index (χ1) is 16.3. The Bertz CT molecular complexity index is 1410. The maximum Gasteiger partial charge on any atom is 0.222 e. The van der Waals surface area contributed by atoms with Gasteiger partial charge in [-0.15, -0.1) is 0 Å². The lowest BCUT2D eigenvalue weighted by Gasteiger charge is -2.34. The molecule has 0 unspecified atom stereocenters. The van der Waals surface area contributed by atoms with Gasteiger partial charge in [0.05, 0.1) is 17.8 Å². The van der Waals surface area contributed by atoms with Crippen LogP contribution >= 0.6 is 0 Å². The quantitative estimate of drug-likeness (QED) is 0.466. The maximum absolute atomic E-state index is 6.14. The highest BCUT2D eigenvalue weighted by atomic mass is 16.5. The molecule has 6 rings (SSSR count). The SMILES string of the molecule is Cc1nc2ncc(-c3ccc4c(c3)CN(c3nc(N)nc5c3CC(C)(C)CC5)CCO4)cc2[nH]1. The third-order valence-corrected chi connectivity index (χ3v) is 6.91. The van der Waals surface area contributed by atoms with Gasteiger partial charge < -0.3 is 20.4 Å². The molecule has 1 aliphatic carbocycles. The molecule has 0 radical (unpaired) electrons. The molecule has 1 aromatic carbocycles. The molecule has 174 valence electrons. The van der Waals surface area contributed by atoms with Gasteiger partial charge >= 0.3 is 0 Å². The molecule has 8 nitrogen and oxygen atoms in total. The number of hydrogen-bond donors (Lipinski definition) is 2. The Kier molecular flexibility index (Phi) is 4.72. The van der Waals surface area contributed by atoms with Gasteiger partial charge in [0.25, 0.3) is 0 Å². The largest absolute Gasteiger partial charge is 0.491 e. The van der Waals surface area contributed by atoms with E-state index < -0.39 is 0 Å². The summed E-state index contributed by atoms with van der Waals surface area (Å²) >= 11 is 0. The van der Waals surface area contributed by atoms with Crippen LogP contribution in [0.15, 0.2) is 30.5 Å². The Morgan fingerprint density at radius 3 is 2.88 bits per heavy atom. The van der Waals surface area contributed by atoms with Crippen molar-refractivity contribution < 1.29 is 4.74 Å². The summed E-state index contributed by atoms with van der Waals surface area (Å²) in [6.07, 6.45) is 4.88. The zero-order valence-electron chi connectivity index (χ0n) is 19.9. The van der Waals surface area contributed by atoms with Crippen LogP contribution in [0.25, 0.3) is 22.3 Å². The monoisotopic (exact) mass is 455 g/mol. The molecule has 3 aromatic heterocycles. The van der Waals surface area contributed by atoms with Crippen molar-refractivity contribution in [1.82, 2.24) is 24.9 Å². The van der Waals surface area contributed by atoms with E-state index in [1.54, 1.807) is 0 Å². The normalized spacial score (nSPS) is 17.1. The molecule has 8 heteroatoms. The Labute approximate surface area is 198 Å². The first kappa shape index (κ1) is 20.9. The van der Waals surface area contributed by atoms with E-state index in [1.807, 2.05) is 13.1 Å². The lowest BCUT2D eigenvalue weighted by molar-refractivity contribution is 0.311. The van der Waals surface area contributed by atoms with Gasteiger partial charge in [-0.05, 0) is 55.4 Å². The van der Waals surface area contributed by atoms with E-state index >= 15 is 0 Å². The minimum Gasteiger partial charge on any atom is -0.491 e. The van der Waals surface area contributed by atoms with Crippen LogP contribution in [0, 0.1) is 12.3 Å². The number of benzene rings is 1. The van der Waals surface area contributed by atoms with Gasteiger partial charge in [0.15, 0.2) is 5.65 Å². The molecular weight excluding hydrogens is 426 g/mol. The minimum atomic E-state index is 0.228. The van der Waals surface area contributed by atoms with Gasteiger partial charge in [0.2, 0.25) is 5.95 Å². The van der Waals surface area contributed by atoms with Gasteiger partial charge in [-0.25, -0.2) is 15.0 Å². The van der Waals surface area contributed by atoms with Crippen LogP contribution in [0.3, 0.4) is 0 Å².